The Hall–Kier alpha value is -2.04. The molecule has 140 valence electrons. The van der Waals surface area contributed by atoms with E-state index in [0.29, 0.717) is 23.6 Å². The minimum Gasteiger partial charge on any atom is -0.465 e. The summed E-state index contributed by atoms with van der Waals surface area (Å²) in [5.74, 6) is 0.183. The summed E-state index contributed by atoms with van der Waals surface area (Å²) in [5.41, 5.74) is 1.87. The summed E-state index contributed by atoms with van der Waals surface area (Å²) in [6.07, 6.45) is 7.86. The summed E-state index contributed by atoms with van der Waals surface area (Å²) >= 11 is 0. The molecule has 0 aromatic heterocycles. The van der Waals surface area contributed by atoms with Gasteiger partial charge in [0.25, 0.3) is 0 Å². The number of benzene rings is 1. The van der Waals surface area contributed by atoms with Crippen molar-refractivity contribution in [3.05, 3.63) is 35.4 Å². The van der Waals surface area contributed by atoms with E-state index >= 15 is 0 Å². The minimum absolute atomic E-state index is 0.275. The maximum absolute atomic E-state index is 13.0. The van der Waals surface area contributed by atoms with E-state index in [1.165, 1.54) is 19.1 Å². The number of esters is 1. The van der Waals surface area contributed by atoms with Crippen LogP contribution in [-0.2, 0) is 4.74 Å². The lowest BCUT2D eigenvalue weighted by Crippen LogP contribution is -2.53. The van der Waals surface area contributed by atoms with E-state index < -0.39 is 0 Å². The number of carbonyl (C=O) groups excluding carboxylic acids is 2. The zero-order valence-corrected chi connectivity index (χ0v) is 15.5. The molecule has 5 nitrogen and oxygen atoms in total. The fourth-order valence-corrected chi connectivity index (χ4v) is 5.02. The highest BCUT2D eigenvalue weighted by Crippen LogP contribution is 2.43. The van der Waals surface area contributed by atoms with Crippen molar-refractivity contribution in [2.45, 2.75) is 62.9 Å². The molecule has 3 aliphatic rings. The van der Waals surface area contributed by atoms with Crippen molar-refractivity contribution in [3.8, 4) is 0 Å². The zero-order valence-electron chi connectivity index (χ0n) is 15.5. The van der Waals surface area contributed by atoms with Crippen molar-refractivity contribution < 1.29 is 14.3 Å². The first-order valence-electron chi connectivity index (χ1n) is 9.93. The number of methoxy groups -OCH3 is 1. The highest BCUT2D eigenvalue weighted by Gasteiger charge is 2.44. The van der Waals surface area contributed by atoms with Crippen LogP contribution in [-0.4, -0.2) is 54.1 Å². The monoisotopic (exact) mass is 356 g/mol. The van der Waals surface area contributed by atoms with E-state index in [0.717, 1.165) is 51.6 Å². The SMILES string of the molecule is COC(=O)c1ccc(C2CC3CCC(C2)N3C(=O)N2CCCCC2)cc1. The number of piperidine rings is 2. The fourth-order valence-electron chi connectivity index (χ4n) is 5.02. The van der Waals surface area contributed by atoms with Crippen LogP contribution in [0.5, 0.6) is 0 Å². The third-order valence-electron chi connectivity index (χ3n) is 6.38. The highest BCUT2D eigenvalue weighted by atomic mass is 16.5. The van der Waals surface area contributed by atoms with Crippen LogP contribution in [0.3, 0.4) is 0 Å². The van der Waals surface area contributed by atoms with Gasteiger partial charge in [0.15, 0.2) is 0 Å². The molecule has 4 rings (SSSR count). The molecule has 0 spiro atoms. The second kappa shape index (κ2) is 7.29. The second-order valence-electron chi connectivity index (χ2n) is 7.90. The Morgan fingerprint density at radius 3 is 2.15 bits per heavy atom. The van der Waals surface area contributed by atoms with Crippen molar-refractivity contribution in [2.24, 2.45) is 0 Å². The number of nitrogens with zero attached hydrogens (tertiary/aromatic N) is 2. The molecule has 0 N–H and O–H groups in total. The molecule has 3 saturated heterocycles. The lowest BCUT2D eigenvalue weighted by atomic mass is 9.85. The van der Waals surface area contributed by atoms with Crippen LogP contribution in [0.15, 0.2) is 24.3 Å². The first-order chi connectivity index (χ1) is 12.7. The molecule has 1 aromatic carbocycles. The maximum atomic E-state index is 13.0. The van der Waals surface area contributed by atoms with Crippen molar-refractivity contribution >= 4 is 12.0 Å². The summed E-state index contributed by atoms with van der Waals surface area (Å²) in [6.45, 7) is 1.85. The standard InChI is InChI=1S/C21H28N2O3/c1-26-20(24)16-7-5-15(6-8-16)17-13-18-9-10-19(14-17)23(18)21(25)22-11-3-2-4-12-22/h5-8,17-19H,2-4,9-14H2,1H3. The number of carbonyl (C=O) groups is 2. The Labute approximate surface area is 155 Å². The topological polar surface area (TPSA) is 49.9 Å². The largest absolute Gasteiger partial charge is 0.465 e. The molecule has 2 atom stereocenters. The third kappa shape index (κ3) is 3.19. The van der Waals surface area contributed by atoms with E-state index in [2.05, 4.69) is 21.9 Å². The predicted molar refractivity (Wildman–Crippen MR) is 99.2 cm³/mol. The summed E-state index contributed by atoms with van der Waals surface area (Å²) in [4.78, 5) is 28.9. The van der Waals surface area contributed by atoms with Gasteiger partial charge in [-0.15, -0.1) is 0 Å². The van der Waals surface area contributed by atoms with Crippen LogP contribution in [0.25, 0.3) is 0 Å². The molecular weight excluding hydrogens is 328 g/mol. The summed E-state index contributed by atoms with van der Waals surface area (Å²) in [6, 6.07) is 8.83. The first-order valence-corrected chi connectivity index (χ1v) is 9.93. The third-order valence-corrected chi connectivity index (χ3v) is 6.38. The molecule has 0 saturated carbocycles. The van der Waals surface area contributed by atoms with E-state index in [1.807, 2.05) is 12.1 Å². The van der Waals surface area contributed by atoms with Crippen LogP contribution in [0.4, 0.5) is 4.79 Å². The second-order valence-corrected chi connectivity index (χ2v) is 7.90. The molecule has 26 heavy (non-hydrogen) atoms. The average Bonchev–Trinajstić information content (AvgIpc) is 2.96. The lowest BCUT2D eigenvalue weighted by molar-refractivity contribution is 0.0600. The number of rotatable bonds is 2. The Balaban J connectivity index is 1.44. The summed E-state index contributed by atoms with van der Waals surface area (Å²) in [7, 11) is 1.41. The number of ether oxygens (including phenoxy) is 1. The number of amides is 2. The van der Waals surface area contributed by atoms with Crippen molar-refractivity contribution in [1.82, 2.24) is 9.80 Å². The van der Waals surface area contributed by atoms with Gasteiger partial charge in [0.2, 0.25) is 0 Å². The van der Waals surface area contributed by atoms with Gasteiger partial charge in [0, 0.05) is 25.2 Å². The van der Waals surface area contributed by atoms with Gasteiger partial charge >= 0.3 is 12.0 Å². The quantitative estimate of drug-likeness (QED) is 0.758. The number of hydrogen-bond acceptors (Lipinski definition) is 3. The van der Waals surface area contributed by atoms with Gasteiger partial charge in [-0.1, -0.05) is 12.1 Å². The smallest absolute Gasteiger partial charge is 0.337 e. The van der Waals surface area contributed by atoms with Crippen molar-refractivity contribution in [1.29, 1.82) is 0 Å². The molecule has 3 heterocycles. The maximum Gasteiger partial charge on any atom is 0.337 e. The molecule has 2 amide bonds. The normalized spacial score (nSPS) is 28.1. The molecule has 0 aliphatic carbocycles. The van der Waals surface area contributed by atoms with Gasteiger partial charge in [-0.25, -0.2) is 9.59 Å². The average molecular weight is 356 g/mol. The molecule has 1 aromatic rings. The molecule has 3 fully saturated rings. The zero-order chi connectivity index (χ0) is 18.1. The van der Waals surface area contributed by atoms with E-state index in [1.54, 1.807) is 0 Å². The Kier molecular flexibility index (Phi) is 4.88. The lowest BCUT2D eigenvalue weighted by Gasteiger charge is -2.42. The van der Waals surface area contributed by atoms with Crippen molar-refractivity contribution in [3.63, 3.8) is 0 Å². The van der Waals surface area contributed by atoms with Crippen LogP contribution in [0.1, 0.15) is 66.8 Å². The van der Waals surface area contributed by atoms with Crippen LogP contribution >= 0.6 is 0 Å². The van der Waals surface area contributed by atoms with Crippen LogP contribution in [0.2, 0.25) is 0 Å². The molecule has 0 radical (unpaired) electrons. The molecule has 5 heteroatoms. The molecule has 2 bridgehead atoms. The summed E-state index contributed by atoms with van der Waals surface area (Å²) < 4.78 is 4.78. The number of likely N-dealkylation sites (tertiary alicyclic amines) is 1. The van der Waals surface area contributed by atoms with E-state index in [4.69, 9.17) is 4.74 Å². The van der Waals surface area contributed by atoms with Crippen molar-refractivity contribution in [2.75, 3.05) is 20.2 Å². The van der Waals surface area contributed by atoms with Gasteiger partial charge in [-0.05, 0) is 68.6 Å². The molecule has 3 aliphatic heterocycles. The Bertz CT molecular complexity index is 652. The van der Waals surface area contributed by atoms with Gasteiger partial charge in [0.05, 0.1) is 12.7 Å². The van der Waals surface area contributed by atoms with E-state index in [-0.39, 0.29) is 12.0 Å². The first kappa shape index (κ1) is 17.4. The Morgan fingerprint density at radius 1 is 0.962 bits per heavy atom. The van der Waals surface area contributed by atoms with Crippen LogP contribution < -0.4 is 0 Å². The van der Waals surface area contributed by atoms with Gasteiger partial charge in [-0.2, -0.15) is 0 Å². The fraction of sp³-hybridized carbons (Fsp3) is 0.619. The highest BCUT2D eigenvalue weighted by molar-refractivity contribution is 5.89. The van der Waals surface area contributed by atoms with Gasteiger partial charge in [0.1, 0.15) is 0 Å². The Morgan fingerprint density at radius 2 is 1.58 bits per heavy atom. The number of urea groups is 1. The number of fused-ring (bicyclic) bond motifs is 2. The minimum atomic E-state index is -0.293. The van der Waals surface area contributed by atoms with Crippen LogP contribution in [0, 0.1) is 0 Å². The molecular formula is C21H28N2O3. The number of hydrogen-bond donors (Lipinski definition) is 0. The van der Waals surface area contributed by atoms with E-state index in [9.17, 15) is 9.59 Å². The summed E-state index contributed by atoms with van der Waals surface area (Å²) in [5, 5.41) is 0. The molecule has 2 unspecified atom stereocenters. The van der Waals surface area contributed by atoms with Gasteiger partial charge in [-0.3, -0.25) is 0 Å². The predicted octanol–water partition coefficient (Wildman–Crippen LogP) is 3.79. The van der Waals surface area contributed by atoms with Gasteiger partial charge < -0.3 is 14.5 Å².